The molecule has 0 saturated carbocycles. The summed E-state index contributed by atoms with van der Waals surface area (Å²) < 4.78 is 22.9. The summed E-state index contributed by atoms with van der Waals surface area (Å²) >= 11 is 0. The average molecular weight is 1240 g/mol. The van der Waals surface area contributed by atoms with Crippen LogP contribution in [0.3, 0.4) is 0 Å². The number of rotatable bonds is 64. The number of hydrogen-bond donors (Lipinski definition) is 9. The second-order valence-corrected chi connectivity index (χ2v) is 27.1. The van der Waals surface area contributed by atoms with E-state index in [-0.39, 0.29) is 12.5 Å². The molecule has 0 bridgehead atoms. The maximum absolute atomic E-state index is 13.3. The third-order valence-corrected chi connectivity index (χ3v) is 19.1. The summed E-state index contributed by atoms with van der Waals surface area (Å²) in [6, 6.07) is -0.824. The Balaban J connectivity index is 1.54. The van der Waals surface area contributed by atoms with Gasteiger partial charge in [0.2, 0.25) is 5.91 Å². The molecule has 14 heteroatoms. The molecule has 0 aliphatic carbocycles. The van der Waals surface area contributed by atoms with E-state index in [0.29, 0.717) is 12.8 Å². The Morgan fingerprint density at radius 2 is 0.655 bits per heavy atom. The maximum Gasteiger partial charge on any atom is 0.220 e. The van der Waals surface area contributed by atoms with Crippen LogP contribution in [-0.4, -0.2) is 140 Å². The van der Waals surface area contributed by atoms with Crippen molar-refractivity contribution in [1.82, 2.24) is 5.32 Å². The lowest BCUT2D eigenvalue weighted by molar-refractivity contribution is -0.359. The number of nitrogens with one attached hydrogen (secondary N) is 1. The number of aliphatic hydroxyl groups is 8. The molecule has 2 heterocycles. The van der Waals surface area contributed by atoms with Gasteiger partial charge in [0.1, 0.15) is 48.8 Å². The molecule has 0 radical (unpaired) electrons. The standard InChI is InChI=1S/C73H143NO13/c1-3-5-7-9-11-13-15-17-19-20-21-22-23-24-25-26-27-28-29-30-31-32-33-34-35-36-37-38-39-40-41-43-45-47-49-51-53-55-57-65(78)74-61(62(77)56-54-52-50-48-46-44-42-18-16-14-12-10-8-6-4-2)60-84-72-70(83)68(81)71(64(59-76)86-72)87-73-69(82)67(80)66(79)63(58-75)85-73/h61-64,66-73,75-77,79-83H,3-60H2,1-2H3,(H,74,78). The van der Waals surface area contributed by atoms with Crippen molar-refractivity contribution >= 4 is 5.91 Å². The molecule has 2 aliphatic heterocycles. The molecule has 2 saturated heterocycles. The molecule has 12 atom stereocenters. The second-order valence-electron chi connectivity index (χ2n) is 27.1. The third kappa shape index (κ3) is 42.8. The summed E-state index contributed by atoms with van der Waals surface area (Å²) in [5, 5.41) is 87.5. The number of hydrogen-bond acceptors (Lipinski definition) is 13. The van der Waals surface area contributed by atoms with E-state index < -0.39 is 86.8 Å². The summed E-state index contributed by atoms with van der Waals surface area (Å²) in [7, 11) is 0. The number of carbonyl (C=O) groups is 1. The number of amides is 1. The lowest BCUT2D eigenvalue weighted by atomic mass is 9.97. The Kier molecular flexibility index (Phi) is 55.5. The maximum atomic E-state index is 13.3. The first-order chi connectivity index (χ1) is 42.6. The smallest absolute Gasteiger partial charge is 0.220 e. The van der Waals surface area contributed by atoms with Gasteiger partial charge in [-0.15, -0.1) is 0 Å². The van der Waals surface area contributed by atoms with Crippen LogP contribution in [0, 0.1) is 0 Å². The molecule has 518 valence electrons. The SMILES string of the molecule is CCCCCCCCCCCCCCCCCCCCCCCCCCCCCCCCCCCCCCCCC(=O)NC(COC1OC(CO)C(OC2OC(CO)C(O)C(O)C2O)C(O)C1O)C(O)CCCCCCCCCCCCCCCCC. The highest BCUT2D eigenvalue weighted by molar-refractivity contribution is 5.76. The minimum atomic E-state index is -1.78. The van der Waals surface area contributed by atoms with E-state index in [0.717, 1.165) is 51.4 Å². The molecular weight excluding hydrogens is 1100 g/mol. The summed E-state index contributed by atoms with van der Waals surface area (Å²) in [5.74, 6) is -0.197. The van der Waals surface area contributed by atoms with Gasteiger partial charge in [-0.1, -0.05) is 348 Å². The van der Waals surface area contributed by atoms with Crippen LogP contribution < -0.4 is 5.32 Å². The first kappa shape index (κ1) is 82.1. The van der Waals surface area contributed by atoms with Gasteiger partial charge in [0, 0.05) is 6.42 Å². The normalized spacial score (nSPS) is 23.1. The zero-order valence-electron chi connectivity index (χ0n) is 56.6. The fourth-order valence-corrected chi connectivity index (χ4v) is 13.1. The summed E-state index contributed by atoms with van der Waals surface area (Å²) in [6.45, 7) is 2.92. The van der Waals surface area contributed by atoms with E-state index in [1.54, 1.807) is 0 Å². The highest BCUT2D eigenvalue weighted by atomic mass is 16.7. The monoisotopic (exact) mass is 1240 g/mol. The Labute approximate surface area is 534 Å². The van der Waals surface area contributed by atoms with Crippen LogP contribution >= 0.6 is 0 Å². The van der Waals surface area contributed by atoms with Gasteiger partial charge in [-0.05, 0) is 12.8 Å². The van der Waals surface area contributed by atoms with Crippen molar-refractivity contribution in [2.45, 2.75) is 441 Å². The van der Waals surface area contributed by atoms with Gasteiger partial charge in [0.05, 0.1) is 32.0 Å². The van der Waals surface area contributed by atoms with Gasteiger partial charge in [-0.25, -0.2) is 0 Å². The van der Waals surface area contributed by atoms with E-state index in [1.807, 2.05) is 0 Å². The van der Waals surface area contributed by atoms with Crippen molar-refractivity contribution in [3.8, 4) is 0 Å². The molecule has 9 N–H and O–H groups in total. The lowest BCUT2D eigenvalue weighted by Crippen LogP contribution is -2.65. The van der Waals surface area contributed by atoms with Crippen LogP contribution in [0.2, 0.25) is 0 Å². The third-order valence-electron chi connectivity index (χ3n) is 19.1. The van der Waals surface area contributed by atoms with Crippen molar-refractivity contribution in [3.63, 3.8) is 0 Å². The van der Waals surface area contributed by atoms with Gasteiger partial charge in [0.15, 0.2) is 12.6 Å². The first-order valence-corrected chi connectivity index (χ1v) is 37.8. The molecule has 2 fully saturated rings. The highest BCUT2D eigenvalue weighted by Gasteiger charge is 2.51. The topological polar surface area (TPSA) is 228 Å². The molecule has 12 unspecified atom stereocenters. The van der Waals surface area contributed by atoms with Crippen LogP contribution in [0.5, 0.6) is 0 Å². The van der Waals surface area contributed by atoms with Crippen LogP contribution in [0.15, 0.2) is 0 Å². The zero-order chi connectivity index (χ0) is 63.1. The Morgan fingerprint density at radius 1 is 0.368 bits per heavy atom. The highest BCUT2D eigenvalue weighted by Crippen LogP contribution is 2.30. The van der Waals surface area contributed by atoms with Gasteiger partial charge >= 0.3 is 0 Å². The van der Waals surface area contributed by atoms with Gasteiger partial charge in [0.25, 0.3) is 0 Å². The van der Waals surface area contributed by atoms with Crippen molar-refractivity contribution in [3.05, 3.63) is 0 Å². The van der Waals surface area contributed by atoms with Crippen molar-refractivity contribution in [2.75, 3.05) is 19.8 Å². The lowest BCUT2D eigenvalue weighted by Gasteiger charge is -2.46. The summed E-state index contributed by atoms with van der Waals surface area (Å²) in [4.78, 5) is 13.3. The Bertz CT molecular complexity index is 1460. The van der Waals surface area contributed by atoms with Crippen molar-refractivity contribution < 1.29 is 64.6 Å². The number of aliphatic hydroxyl groups excluding tert-OH is 8. The van der Waals surface area contributed by atoms with Crippen molar-refractivity contribution in [2.24, 2.45) is 0 Å². The quantitative estimate of drug-likeness (QED) is 0.0259. The molecule has 87 heavy (non-hydrogen) atoms. The second kappa shape index (κ2) is 58.8. The minimum absolute atomic E-state index is 0.197. The predicted molar refractivity (Wildman–Crippen MR) is 356 cm³/mol. The molecule has 1 amide bonds. The molecule has 0 aromatic rings. The molecular formula is C73H143NO13. The first-order valence-electron chi connectivity index (χ1n) is 37.8. The Hall–Kier alpha value is -1.01. The fraction of sp³-hybridized carbons (Fsp3) is 0.986. The minimum Gasteiger partial charge on any atom is -0.394 e. The van der Waals surface area contributed by atoms with Gasteiger partial charge in [-0.2, -0.15) is 0 Å². The number of carbonyl (C=O) groups excluding carboxylic acids is 1. The van der Waals surface area contributed by atoms with E-state index in [2.05, 4.69) is 19.2 Å². The molecule has 0 aromatic carbocycles. The largest absolute Gasteiger partial charge is 0.394 e. The van der Waals surface area contributed by atoms with E-state index >= 15 is 0 Å². The van der Waals surface area contributed by atoms with Gasteiger partial charge in [-0.3, -0.25) is 4.79 Å². The molecule has 2 aliphatic rings. The fourth-order valence-electron chi connectivity index (χ4n) is 13.1. The Morgan fingerprint density at radius 3 is 0.977 bits per heavy atom. The van der Waals surface area contributed by atoms with Crippen LogP contribution in [0.4, 0.5) is 0 Å². The van der Waals surface area contributed by atoms with E-state index in [1.165, 1.54) is 289 Å². The van der Waals surface area contributed by atoms with Crippen LogP contribution in [-0.2, 0) is 23.7 Å². The summed E-state index contributed by atoms with van der Waals surface area (Å²) in [5.41, 5.74) is 0. The predicted octanol–water partition coefficient (Wildman–Crippen LogP) is 16.0. The van der Waals surface area contributed by atoms with Crippen LogP contribution in [0.25, 0.3) is 0 Å². The molecule has 2 rings (SSSR count). The van der Waals surface area contributed by atoms with E-state index in [4.69, 9.17) is 18.9 Å². The molecule has 0 aromatic heterocycles. The molecule has 0 spiro atoms. The van der Waals surface area contributed by atoms with Crippen LogP contribution in [0.1, 0.15) is 367 Å². The summed E-state index contributed by atoms with van der Waals surface area (Å²) in [6.07, 6.45) is 54.5. The van der Waals surface area contributed by atoms with E-state index in [9.17, 15) is 45.6 Å². The number of ether oxygens (including phenoxy) is 4. The number of unbranched alkanes of at least 4 members (excludes halogenated alkanes) is 51. The average Bonchev–Trinajstić information content (AvgIpc) is 2.34. The zero-order valence-corrected chi connectivity index (χ0v) is 56.6. The van der Waals surface area contributed by atoms with Crippen molar-refractivity contribution in [1.29, 1.82) is 0 Å². The van der Waals surface area contributed by atoms with Gasteiger partial charge < -0.3 is 65.1 Å². The molecule has 14 nitrogen and oxygen atoms in total.